The molecule has 2 N–H and O–H groups in total. The van der Waals surface area contributed by atoms with Crippen molar-refractivity contribution in [2.45, 2.75) is 26.3 Å². The summed E-state index contributed by atoms with van der Waals surface area (Å²) in [5.74, 6) is 1.36. The fourth-order valence-corrected chi connectivity index (χ4v) is 2.83. The molecule has 0 spiro atoms. The zero-order valence-electron chi connectivity index (χ0n) is 10.6. The Morgan fingerprint density at radius 1 is 1.37 bits per heavy atom. The number of halogens is 2. The number of rotatable bonds is 4. The second kappa shape index (κ2) is 6.11. The van der Waals surface area contributed by atoms with Gasteiger partial charge < -0.3 is 10.3 Å². The van der Waals surface area contributed by atoms with Crippen LogP contribution in [0, 0.1) is 5.92 Å². The average Bonchev–Trinajstić information content (AvgIpc) is 2.77. The van der Waals surface area contributed by atoms with Crippen LogP contribution in [-0.2, 0) is 0 Å². The smallest absolute Gasteiger partial charge is 0.243 e. The minimum Gasteiger partial charge on any atom is -0.337 e. The van der Waals surface area contributed by atoms with E-state index in [-0.39, 0.29) is 6.04 Å². The third-order valence-electron chi connectivity index (χ3n) is 2.50. The molecule has 19 heavy (non-hydrogen) atoms. The molecule has 2 aromatic heterocycles. The first-order valence-electron chi connectivity index (χ1n) is 5.88. The maximum atomic E-state index is 6.01. The molecule has 102 valence electrons. The molecule has 2 rings (SSSR count). The molecule has 0 unspecified atom stereocenters. The van der Waals surface area contributed by atoms with Gasteiger partial charge in [0.2, 0.25) is 11.7 Å². The molecule has 0 amide bonds. The van der Waals surface area contributed by atoms with Crippen LogP contribution in [0.1, 0.15) is 32.2 Å². The van der Waals surface area contributed by atoms with Gasteiger partial charge in [-0.25, -0.2) is 0 Å². The lowest BCUT2D eigenvalue weighted by Gasteiger charge is -2.08. The highest BCUT2D eigenvalue weighted by Gasteiger charge is 2.18. The number of aromatic nitrogens is 3. The maximum absolute atomic E-state index is 6.01. The van der Waals surface area contributed by atoms with E-state index < -0.39 is 0 Å². The van der Waals surface area contributed by atoms with Gasteiger partial charge in [0.05, 0.1) is 6.04 Å². The Hall–Kier alpha value is -0.790. The molecule has 0 aromatic carbocycles. The Kier molecular flexibility index (Phi) is 4.70. The van der Waals surface area contributed by atoms with Gasteiger partial charge in [-0.2, -0.15) is 4.98 Å². The minimum atomic E-state index is -0.240. The summed E-state index contributed by atoms with van der Waals surface area (Å²) in [5.41, 5.74) is 6.65. The molecule has 0 fully saturated rings. The van der Waals surface area contributed by atoms with Crippen molar-refractivity contribution in [1.82, 2.24) is 15.1 Å². The zero-order valence-corrected chi connectivity index (χ0v) is 13.8. The lowest BCUT2D eigenvalue weighted by atomic mass is 10.0. The van der Waals surface area contributed by atoms with Gasteiger partial charge >= 0.3 is 0 Å². The first-order chi connectivity index (χ1) is 8.97. The van der Waals surface area contributed by atoms with Crippen LogP contribution < -0.4 is 5.73 Å². The number of pyridine rings is 1. The highest BCUT2D eigenvalue weighted by atomic mass is 79.9. The highest BCUT2D eigenvalue weighted by Crippen LogP contribution is 2.27. The predicted octanol–water partition coefficient (Wildman–Crippen LogP) is 3.70. The molecule has 0 radical (unpaired) electrons. The summed E-state index contributed by atoms with van der Waals surface area (Å²) in [6.07, 6.45) is 2.49. The molecule has 0 aliphatic heterocycles. The molecule has 0 bridgehead atoms. The molecule has 5 nitrogen and oxygen atoms in total. The van der Waals surface area contributed by atoms with E-state index in [1.54, 1.807) is 6.20 Å². The van der Waals surface area contributed by atoms with Crippen molar-refractivity contribution in [3.63, 3.8) is 0 Å². The van der Waals surface area contributed by atoms with Gasteiger partial charge in [-0.1, -0.05) is 19.0 Å². The monoisotopic (exact) mass is 388 g/mol. The van der Waals surface area contributed by atoms with E-state index in [1.165, 1.54) is 0 Å². The molecule has 0 aliphatic rings. The Bertz CT molecular complexity index is 571. The van der Waals surface area contributed by atoms with Gasteiger partial charge in [0.15, 0.2) is 0 Å². The van der Waals surface area contributed by atoms with Crippen LogP contribution in [0.15, 0.2) is 25.7 Å². The van der Waals surface area contributed by atoms with Crippen LogP contribution >= 0.6 is 31.9 Å². The summed E-state index contributed by atoms with van der Waals surface area (Å²) in [5, 5.41) is 3.93. The quantitative estimate of drug-likeness (QED) is 0.862. The van der Waals surface area contributed by atoms with E-state index in [1.807, 2.05) is 6.07 Å². The topological polar surface area (TPSA) is 77.8 Å². The van der Waals surface area contributed by atoms with Gasteiger partial charge in [-0.05, 0) is 50.3 Å². The van der Waals surface area contributed by atoms with Gasteiger partial charge in [-0.3, -0.25) is 4.98 Å². The first kappa shape index (κ1) is 14.6. The van der Waals surface area contributed by atoms with Crippen LogP contribution in [0.5, 0.6) is 0 Å². The predicted molar refractivity (Wildman–Crippen MR) is 79.3 cm³/mol. The van der Waals surface area contributed by atoms with Crippen molar-refractivity contribution in [3.05, 3.63) is 27.1 Å². The summed E-state index contributed by atoms with van der Waals surface area (Å²) in [6, 6.07) is 1.64. The van der Waals surface area contributed by atoms with Crippen LogP contribution in [0.3, 0.4) is 0 Å². The van der Waals surface area contributed by atoms with E-state index in [0.29, 0.717) is 23.3 Å². The third-order valence-corrected chi connectivity index (χ3v) is 3.54. The Labute approximate surface area is 128 Å². The van der Waals surface area contributed by atoms with Crippen molar-refractivity contribution in [2.24, 2.45) is 11.7 Å². The number of nitrogens with two attached hydrogens (primary N) is 1. The lowest BCUT2D eigenvalue weighted by Crippen LogP contribution is -2.13. The van der Waals surface area contributed by atoms with E-state index in [4.69, 9.17) is 10.3 Å². The Balaban J connectivity index is 2.25. The van der Waals surface area contributed by atoms with Gasteiger partial charge in [0.25, 0.3) is 0 Å². The van der Waals surface area contributed by atoms with Crippen molar-refractivity contribution in [2.75, 3.05) is 0 Å². The average molecular weight is 390 g/mol. The van der Waals surface area contributed by atoms with Gasteiger partial charge in [0, 0.05) is 15.1 Å². The van der Waals surface area contributed by atoms with Crippen molar-refractivity contribution >= 4 is 31.9 Å². The summed E-state index contributed by atoms with van der Waals surface area (Å²) >= 11 is 6.77. The highest BCUT2D eigenvalue weighted by molar-refractivity contribution is 9.11. The van der Waals surface area contributed by atoms with Crippen LogP contribution in [0.25, 0.3) is 11.5 Å². The van der Waals surface area contributed by atoms with E-state index in [2.05, 4.69) is 60.8 Å². The minimum absolute atomic E-state index is 0.240. The second-order valence-electron chi connectivity index (χ2n) is 4.68. The summed E-state index contributed by atoms with van der Waals surface area (Å²) in [6.45, 7) is 4.20. The third kappa shape index (κ3) is 3.61. The second-order valence-corrected chi connectivity index (χ2v) is 6.45. The first-order valence-corrected chi connectivity index (χ1v) is 7.46. The van der Waals surface area contributed by atoms with Crippen molar-refractivity contribution in [3.8, 4) is 11.5 Å². The van der Waals surface area contributed by atoms with E-state index >= 15 is 0 Å². The number of nitrogens with zero attached hydrogens (tertiary/aromatic N) is 3. The molecule has 0 aliphatic carbocycles. The van der Waals surface area contributed by atoms with Crippen LogP contribution in [0.2, 0.25) is 0 Å². The van der Waals surface area contributed by atoms with Crippen LogP contribution in [-0.4, -0.2) is 15.1 Å². The molecule has 1 atom stereocenters. The molecular formula is C12H14Br2N4O. The molecular weight excluding hydrogens is 376 g/mol. The molecule has 2 aromatic rings. The lowest BCUT2D eigenvalue weighted by molar-refractivity contribution is 0.335. The standard InChI is InChI=1S/C12H14Br2N4O/c1-6(2)3-9(15)12-17-11(18-19-12)10-8(14)4-7(13)5-16-10/h4-6,9H,3,15H2,1-2H3/t9-/m0/s1. The largest absolute Gasteiger partial charge is 0.337 e. The normalized spacial score (nSPS) is 12.9. The number of hydrogen-bond donors (Lipinski definition) is 1. The fraction of sp³-hybridized carbons (Fsp3) is 0.417. The van der Waals surface area contributed by atoms with E-state index in [9.17, 15) is 0 Å². The summed E-state index contributed by atoms with van der Waals surface area (Å²) < 4.78 is 6.88. The molecule has 0 saturated heterocycles. The Morgan fingerprint density at radius 3 is 2.74 bits per heavy atom. The van der Waals surface area contributed by atoms with Crippen molar-refractivity contribution < 1.29 is 4.52 Å². The molecule has 7 heteroatoms. The van der Waals surface area contributed by atoms with Crippen LogP contribution in [0.4, 0.5) is 0 Å². The maximum Gasteiger partial charge on any atom is 0.243 e. The summed E-state index contributed by atoms with van der Waals surface area (Å²) in [7, 11) is 0. The van der Waals surface area contributed by atoms with Gasteiger partial charge in [0.1, 0.15) is 5.69 Å². The van der Waals surface area contributed by atoms with E-state index in [0.717, 1.165) is 15.4 Å². The number of hydrogen-bond acceptors (Lipinski definition) is 5. The Morgan fingerprint density at radius 2 is 2.11 bits per heavy atom. The molecule has 2 heterocycles. The zero-order chi connectivity index (χ0) is 14.0. The van der Waals surface area contributed by atoms with Gasteiger partial charge in [-0.15, -0.1) is 0 Å². The molecule has 0 saturated carbocycles. The van der Waals surface area contributed by atoms with Crippen molar-refractivity contribution in [1.29, 1.82) is 0 Å². The summed E-state index contributed by atoms with van der Waals surface area (Å²) in [4.78, 5) is 8.58. The fourth-order valence-electron chi connectivity index (χ4n) is 1.67. The SMILES string of the molecule is CC(C)C[C@H](N)c1nc(-c2ncc(Br)cc2Br)no1.